The largest absolute Gasteiger partial charge is 0.329 e. The van der Waals surface area contributed by atoms with Gasteiger partial charge in [-0.1, -0.05) is 18.6 Å². The molecule has 0 bridgehead atoms. The van der Waals surface area contributed by atoms with Crippen molar-refractivity contribution in [1.82, 2.24) is 14.7 Å². The van der Waals surface area contributed by atoms with Crippen molar-refractivity contribution < 1.29 is 4.39 Å². The van der Waals surface area contributed by atoms with Crippen LogP contribution >= 0.6 is 12.4 Å². The SMILES string of the molecule is Cl.NCC1CCCCN1Cc1cnn(Cc2ccc(F)cc2)c1. The molecule has 0 aliphatic carbocycles. The van der Waals surface area contributed by atoms with Crippen LogP contribution in [-0.4, -0.2) is 33.8 Å². The number of hydrogen-bond acceptors (Lipinski definition) is 3. The Balaban J connectivity index is 0.00000192. The van der Waals surface area contributed by atoms with E-state index < -0.39 is 0 Å². The number of benzene rings is 1. The molecule has 23 heavy (non-hydrogen) atoms. The second-order valence-electron chi connectivity index (χ2n) is 6.03. The summed E-state index contributed by atoms with van der Waals surface area (Å²) in [5, 5.41) is 4.42. The highest BCUT2D eigenvalue weighted by atomic mass is 35.5. The zero-order chi connectivity index (χ0) is 15.4. The number of rotatable bonds is 5. The normalized spacial score (nSPS) is 18.6. The summed E-state index contributed by atoms with van der Waals surface area (Å²) in [7, 11) is 0. The summed E-state index contributed by atoms with van der Waals surface area (Å²) >= 11 is 0. The average Bonchev–Trinajstić information content (AvgIpc) is 2.97. The van der Waals surface area contributed by atoms with Crippen LogP contribution in [0.4, 0.5) is 4.39 Å². The predicted octanol–water partition coefficient (Wildman–Crippen LogP) is 2.81. The third kappa shape index (κ3) is 4.77. The molecule has 2 aromatic rings. The third-order valence-electron chi connectivity index (χ3n) is 4.35. The van der Waals surface area contributed by atoms with E-state index in [1.165, 1.54) is 37.0 Å². The molecular formula is C17H24ClFN4. The number of piperidine rings is 1. The first-order valence-electron chi connectivity index (χ1n) is 7.94. The second-order valence-corrected chi connectivity index (χ2v) is 6.03. The highest BCUT2D eigenvalue weighted by Crippen LogP contribution is 2.18. The van der Waals surface area contributed by atoms with E-state index in [0.29, 0.717) is 12.6 Å². The van der Waals surface area contributed by atoms with E-state index in [2.05, 4.69) is 16.2 Å². The lowest BCUT2D eigenvalue weighted by Crippen LogP contribution is -2.43. The Morgan fingerprint density at radius 3 is 2.65 bits per heavy atom. The molecule has 1 fully saturated rings. The molecule has 1 unspecified atom stereocenters. The van der Waals surface area contributed by atoms with Crippen LogP contribution in [0.2, 0.25) is 0 Å². The molecule has 2 heterocycles. The molecule has 4 nitrogen and oxygen atoms in total. The monoisotopic (exact) mass is 338 g/mol. The van der Waals surface area contributed by atoms with Crippen molar-refractivity contribution in [1.29, 1.82) is 0 Å². The molecule has 1 aromatic heterocycles. The fraction of sp³-hybridized carbons (Fsp3) is 0.471. The van der Waals surface area contributed by atoms with Gasteiger partial charge in [0.05, 0.1) is 12.7 Å². The lowest BCUT2D eigenvalue weighted by Gasteiger charge is -2.34. The molecule has 3 rings (SSSR count). The summed E-state index contributed by atoms with van der Waals surface area (Å²) in [6.07, 6.45) is 7.72. The molecule has 1 atom stereocenters. The first-order valence-corrected chi connectivity index (χ1v) is 7.94. The molecule has 1 aliphatic heterocycles. The Bertz CT molecular complexity index is 599. The van der Waals surface area contributed by atoms with Gasteiger partial charge in [-0.05, 0) is 37.1 Å². The van der Waals surface area contributed by atoms with Crippen LogP contribution in [0.5, 0.6) is 0 Å². The van der Waals surface area contributed by atoms with Crippen molar-refractivity contribution in [3.63, 3.8) is 0 Å². The molecular weight excluding hydrogens is 315 g/mol. The smallest absolute Gasteiger partial charge is 0.123 e. The zero-order valence-corrected chi connectivity index (χ0v) is 14.0. The zero-order valence-electron chi connectivity index (χ0n) is 13.2. The number of aromatic nitrogens is 2. The van der Waals surface area contributed by atoms with Gasteiger partial charge >= 0.3 is 0 Å². The summed E-state index contributed by atoms with van der Waals surface area (Å²) < 4.78 is 14.8. The van der Waals surface area contributed by atoms with Crippen molar-refractivity contribution in [3.8, 4) is 0 Å². The van der Waals surface area contributed by atoms with Gasteiger partial charge in [0.25, 0.3) is 0 Å². The summed E-state index contributed by atoms with van der Waals surface area (Å²) in [6, 6.07) is 7.06. The maximum Gasteiger partial charge on any atom is 0.123 e. The Labute approximate surface area is 142 Å². The number of halogens is 2. The van der Waals surface area contributed by atoms with E-state index in [-0.39, 0.29) is 18.2 Å². The van der Waals surface area contributed by atoms with E-state index in [1.807, 2.05) is 10.9 Å². The lowest BCUT2D eigenvalue weighted by atomic mass is 10.0. The number of nitrogens with two attached hydrogens (primary N) is 1. The van der Waals surface area contributed by atoms with Gasteiger partial charge in [-0.3, -0.25) is 9.58 Å². The molecule has 1 saturated heterocycles. The van der Waals surface area contributed by atoms with Crippen molar-refractivity contribution in [3.05, 3.63) is 53.6 Å². The molecule has 6 heteroatoms. The van der Waals surface area contributed by atoms with Crippen molar-refractivity contribution in [2.24, 2.45) is 5.73 Å². The Kier molecular flexibility index (Phi) is 6.57. The molecule has 0 amide bonds. The number of hydrogen-bond donors (Lipinski definition) is 1. The molecule has 0 saturated carbocycles. The molecule has 0 spiro atoms. The van der Waals surface area contributed by atoms with Crippen LogP contribution < -0.4 is 5.73 Å². The van der Waals surface area contributed by atoms with Gasteiger partial charge < -0.3 is 5.73 Å². The molecule has 126 valence electrons. The van der Waals surface area contributed by atoms with Gasteiger partial charge in [-0.25, -0.2) is 4.39 Å². The van der Waals surface area contributed by atoms with Crippen LogP contribution in [0.25, 0.3) is 0 Å². The summed E-state index contributed by atoms with van der Waals surface area (Å²) in [5.41, 5.74) is 8.13. The van der Waals surface area contributed by atoms with E-state index >= 15 is 0 Å². The van der Waals surface area contributed by atoms with Gasteiger partial charge in [0.2, 0.25) is 0 Å². The van der Waals surface area contributed by atoms with Gasteiger partial charge in [0, 0.05) is 30.9 Å². The Morgan fingerprint density at radius 1 is 1.13 bits per heavy atom. The van der Waals surface area contributed by atoms with Crippen molar-refractivity contribution in [2.75, 3.05) is 13.1 Å². The van der Waals surface area contributed by atoms with E-state index in [4.69, 9.17) is 5.73 Å². The average molecular weight is 339 g/mol. The van der Waals surface area contributed by atoms with E-state index in [0.717, 1.165) is 25.2 Å². The van der Waals surface area contributed by atoms with E-state index in [9.17, 15) is 4.39 Å². The maximum atomic E-state index is 12.9. The minimum atomic E-state index is -0.206. The van der Waals surface area contributed by atoms with Crippen LogP contribution in [-0.2, 0) is 13.1 Å². The first kappa shape index (κ1) is 17.9. The predicted molar refractivity (Wildman–Crippen MR) is 92.1 cm³/mol. The molecule has 2 N–H and O–H groups in total. The number of nitrogens with zero attached hydrogens (tertiary/aromatic N) is 3. The third-order valence-corrected chi connectivity index (χ3v) is 4.35. The van der Waals surface area contributed by atoms with Crippen LogP contribution in [0.1, 0.15) is 30.4 Å². The topological polar surface area (TPSA) is 47.1 Å². The minimum absolute atomic E-state index is 0. The van der Waals surface area contributed by atoms with Gasteiger partial charge in [0.15, 0.2) is 0 Å². The quantitative estimate of drug-likeness (QED) is 0.912. The fourth-order valence-corrected chi connectivity index (χ4v) is 3.12. The Hall–Kier alpha value is -1.43. The second kappa shape index (κ2) is 8.43. The molecule has 1 aliphatic rings. The summed E-state index contributed by atoms with van der Waals surface area (Å²) in [4.78, 5) is 2.46. The highest BCUT2D eigenvalue weighted by Gasteiger charge is 2.21. The van der Waals surface area contributed by atoms with E-state index in [1.54, 1.807) is 12.1 Å². The van der Waals surface area contributed by atoms with Crippen molar-refractivity contribution >= 4 is 12.4 Å². The van der Waals surface area contributed by atoms with Gasteiger partial charge in [-0.2, -0.15) is 5.10 Å². The van der Waals surface area contributed by atoms with Crippen LogP contribution in [0.3, 0.4) is 0 Å². The summed E-state index contributed by atoms with van der Waals surface area (Å²) in [5.74, 6) is -0.206. The summed E-state index contributed by atoms with van der Waals surface area (Å²) in [6.45, 7) is 3.42. The first-order chi connectivity index (χ1) is 10.7. The van der Waals surface area contributed by atoms with Crippen LogP contribution in [0, 0.1) is 5.82 Å². The fourth-order valence-electron chi connectivity index (χ4n) is 3.12. The highest BCUT2D eigenvalue weighted by molar-refractivity contribution is 5.85. The van der Waals surface area contributed by atoms with Crippen LogP contribution in [0.15, 0.2) is 36.7 Å². The van der Waals surface area contributed by atoms with Crippen molar-refractivity contribution in [2.45, 2.75) is 38.4 Å². The Morgan fingerprint density at radius 2 is 1.91 bits per heavy atom. The van der Waals surface area contributed by atoms with Gasteiger partial charge in [0.1, 0.15) is 5.82 Å². The standard InChI is InChI=1S/C17H23FN4.ClH/c18-16-6-4-14(5-7-16)12-22-13-15(10-20-22)11-21-8-2-1-3-17(21)9-19;/h4-7,10,13,17H,1-3,8-9,11-12,19H2;1H. The molecule has 0 radical (unpaired) electrons. The molecule has 1 aromatic carbocycles. The van der Waals surface area contributed by atoms with Gasteiger partial charge in [-0.15, -0.1) is 12.4 Å². The number of likely N-dealkylation sites (tertiary alicyclic amines) is 1. The maximum absolute atomic E-state index is 12.9. The lowest BCUT2D eigenvalue weighted by molar-refractivity contribution is 0.145. The minimum Gasteiger partial charge on any atom is -0.329 e.